The first kappa shape index (κ1) is 19.4. The van der Waals surface area contributed by atoms with Crippen LogP contribution in [0.2, 0.25) is 0 Å². The Labute approximate surface area is 160 Å². The Morgan fingerprint density at radius 1 is 1.22 bits per heavy atom. The number of nitrogens with zero attached hydrogens (tertiary/aromatic N) is 3. The molecule has 0 spiro atoms. The zero-order chi connectivity index (χ0) is 19.2. The second kappa shape index (κ2) is 9.02. The highest BCUT2D eigenvalue weighted by molar-refractivity contribution is 5.76. The van der Waals surface area contributed by atoms with Crippen molar-refractivity contribution in [2.45, 2.75) is 65.0 Å². The Morgan fingerprint density at radius 3 is 2.56 bits per heavy atom. The zero-order valence-electron chi connectivity index (χ0n) is 16.5. The van der Waals surface area contributed by atoms with Gasteiger partial charge in [-0.1, -0.05) is 24.4 Å². The highest BCUT2D eigenvalue weighted by atomic mass is 16.5. The number of amides is 1. The fraction of sp³-hybridized carbons (Fsp3) is 0.571. The lowest BCUT2D eigenvalue weighted by molar-refractivity contribution is -0.135. The van der Waals surface area contributed by atoms with Crippen LogP contribution in [-0.2, 0) is 11.3 Å². The molecule has 1 fully saturated rings. The third-order valence-corrected chi connectivity index (χ3v) is 5.25. The van der Waals surface area contributed by atoms with Crippen LogP contribution in [-0.4, -0.2) is 34.1 Å². The molecule has 6 heteroatoms. The summed E-state index contributed by atoms with van der Waals surface area (Å²) < 4.78 is 10.6. The summed E-state index contributed by atoms with van der Waals surface area (Å²) in [6, 6.07) is 7.60. The number of rotatable bonds is 7. The van der Waals surface area contributed by atoms with Gasteiger partial charge in [0.2, 0.25) is 17.6 Å². The van der Waals surface area contributed by atoms with Gasteiger partial charge in [-0.3, -0.25) is 4.79 Å². The summed E-state index contributed by atoms with van der Waals surface area (Å²) in [6.07, 6.45) is 6.75. The van der Waals surface area contributed by atoms with Gasteiger partial charge >= 0.3 is 0 Å². The highest BCUT2D eigenvalue weighted by Gasteiger charge is 2.24. The second-order valence-corrected chi connectivity index (χ2v) is 7.56. The fourth-order valence-corrected chi connectivity index (χ4v) is 3.64. The van der Waals surface area contributed by atoms with Gasteiger partial charge in [-0.2, -0.15) is 4.98 Å². The van der Waals surface area contributed by atoms with Gasteiger partial charge in [-0.15, -0.1) is 0 Å². The van der Waals surface area contributed by atoms with Crippen LogP contribution in [0.25, 0.3) is 11.4 Å². The number of hydrogen-bond donors (Lipinski definition) is 0. The van der Waals surface area contributed by atoms with Gasteiger partial charge in [0, 0.05) is 18.0 Å². The molecule has 1 amide bonds. The molecular formula is C21H29N3O3. The molecular weight excluding hydrogens is 342 g/mol. The molecule has 0 aliphatic heterocycles. The SMILES string of the molecule is COc1ccc(-c2noc(CN(C(=O)CC3CCCCC3)C(C)C)n2)cc1. The molecule has 1 aliphatic carbocycles. The van der Waals surface area contributed by atoms with Crippen LogP contribution in [0.3, 0.4) is 0 Å². The number of ether oxygens (including phenoxy) is 1. The molecule has 0 radical (unpaired) electrons. The monoisotopic (exact) mass is 371 g/mol. The van der Waals surface area contributed by atoms with E-state index >= 15 is 0 Å². The Bertz CT molecular complexity index is 733. The highest BCUT2D eigenvalue weighted by Crippen LogP contribution is 2.27. The molecule has 0 atom stereocenters. The minimum absolute atomic E-state index is 0.0948. The molecule has 0 N–H and O–H groups in total. The quantitative estimate of drug-likeness (QED) is 0.719. The maximum absolute atomic E-state index is 12.8. The molecule has 0 bridgehead atoms. The summed E-state index contributed by atoms with van der Waals surface area (Å²) in [7, 11) is 1.63. The van der Waals surface area contributed by atoms with Gasteiger partial charge < -0.3 is 14.2 Å². The summed E-state index contributed by atoms with van der Waals surface area (Å²) in [5.41, 5.74) is 0.857. The van der Waals surface area contributed by atoms with Gasteiger partial charge in [-0.05, 0) is 56.9 Å². The van der Waals surface area contributed by atoms with Crippen molar-refractivity contribution in [2.75, 3.05) is 7.11 Å². The van der Waals surface area contributed by atoms with Crippen LogP contribution in [0.1, 0.15) is 58.3 Å². The third kappa shape index (κ3) is 5.08. The van der Waals surface area contributed by atoms with Crippen molar-refractivity contribution in [3.8, 4) is 17.1 Å². The van der Waals surface area contributed by atoms with Gasteiger partial charge in [0.1, 0.15) is 12.3 Å². The molecule has 0 unspecified atom stereocenters. The molecule has 2 aromatic rings. The average molecular weight is 371 g/mol. The summed E-state index contributed by atoms with van der Waals surface area (Å²) >= 11 is 0. The van der Waals surface area contributed by atoms with Crippen LogP contribution < -0.4 is 4.74 Å². The standard InChI is InChI=1S/C21H29N3O3/c1-15(2)24(20(25)13-16-7-5-4-6-8-16)14-19-22-21(23-27-19)17-9-11-18(26-3)12-10-17/h9-12,15-16H,4-8,13-14H2,1-3H3. The van der Waals surface area contributed by atoms with Crippen molar-refractivity contribution in [3.63, 3.8) is 0 Å². The first-order valence-electron chi connectivity index (χ1n) is 9.83. The lowest BCUT2D eigenvalue weighted by Gasteiger charge is -2.28. The van der Waals surface area contributed by atoms with Gasteiger partial charge in [0.25, 0.3) is 0 Å². The summed E-state index contributed by atoms with van der Waals surface area (Å²) in [4.78, 5) is 19.1. The van der Waals surface area contributed by atoms with E-state index in [1.807, 2.05) is 43.0 Å². The Morgan fingerprint density at radius 2 is 1.93 bits per heavy atom. The summed E-state index contributed by atoms with van der Waals surface area (Å²) in [5, 5.41) is 4.06. The first-order valence-corrected chi connectivity index (χ1v) is 9.83. The Kier molecular flexibility index (Phi) is 6.48. The molecule has 3 rings (SSSR count). The lowest BCUT2D eigenvalue weighted by Crippen LogP contribution is -2.37. The second-order valence-electron chi connectivity index (χ2n) is 7.56. The van der Waals surface area contributed by atoms with Crippen molar-refractivity contribution in [2.24, 2.45) is 5.92 Å². The van der Waals surface area contributed by atoms with Crippen LogP contribution >= 0.6 is 0 Å². The summed E-state index contributed by atoms with van der Waals surface area (Å²) in [5.74, 6) is 2.47. The van der Waals surface area contributed by atoms with Crippen LogP contribution in [0, 0.1) is 5.92 Å². The molecule has 6 nitrogen and oxygen atoms in total. The maximum Gasteiger partial charge on any atom is 0.246 e. The maximum atomic E-state index is 12.8. The van der Waals surface area contributed by atoms with E-state index in [4.69, 9.17) is 9.26 Å². The molecule has 1 aromatic heterocycles. The minimum atomic E-state index is 0.0948. The largest absolute Gasteiger partial charge is 0.497 e. The van der Waals surface area contributed by atoms with E-state index in [-0.39, 0.29) is 11.9 Å². The molecule has 1 heterocycles. The minimum Gasteiger partial charge on any atom is -0.497 e. The molecule has 1 saturated carbocycles. The number of benzene rings is 1. The van der Waals surface area contributed by atoms with Gasteiger partial charge in [0.05, 0.1) is 7.11 Å². The Balaban J connectivity index is 1.65. The van der Waals surface area contributed by atoms with Crippen molar-refractivity contribution in [1.82, 2.24) is 15.0 Å². The summed E-state index contributed by atoms with van der Waals surface area (Å²) in [6.45, 7) is 4.41. The van der Waals surface area contributed by atoms with Crippen molar-refractivity contribution in [3.05, 3.63) is 30.2 Å². The number of aromatic nitrogens is 2. The average Bonchev–Trinajstić information content (AvgIpc) is 3.15. The topological polar surface area (TPSA) is 68.5 Å². The predicted molar refractivity (Wildman–Crippen MR) is 103 cm³/mol. The Hall–Kier alpha value is -2.37. The number of carbonyl (C=O) groups excluding carboxylic acids is 1. The zero-order valence-corrected chi connectivity index (χ0v) is 16.5. The van der Waals surface area contributed by atoms with E-state index in [1.165, 1.54) is 32.1 Å². The molecule has 1 aromatic carbocycles. The van der Waals surface area contributed by atoms with Gasteiger partial charge in [0.15, 0.2) is 0 Å². The van der Waals surface area contributed by atoms with Crippen molar-refractivity contribution in [1.29, 1.82) is 0 Å². The van der Waals surface area contributed by atoms with Crippen LogP contribution in [0.4, 0.5) is 0 Å². The number of methoxy groups -OCH3 is 1. The molecule has 146 valence electrons. The van der Waals surface area contributed by atoms with E-state index in [9.17, 15) is 4.79 Å². The fourth-order valence-electron chi connectivity index (χ4n) is 3.64. The van der Waals surface area contributed by atoms with Crippen molar-refractivity contribution >= 4 is 5.91 Å². The smallest absolute Gasteiger partial charge is 0.246 e. The number of carbonyl (C=O) groups is 1. The number of hydrogen-bond acceptors (Lipinski definition) is 5. The van der Waals surface area contributed by atoms with Crippen molar-refractivity contribution < 1.29 is 14.1 Å². The lowest BCUT2D eigenvalue weighted by atomic mass is 9.86. The van der Waals surface area contributed by atoms with E-state index < -0.39 is 0 Å². The van der Waals surface area contributed by atoms with Crippen LogP contribution in [0.15, 0.2) is 28.8 Å². The molecule has 0 saturated heterocycles. The third-order valence-electron chi connectivity index (χ3n) is 5.25. The molecule has 1 aliphatic rings. The van der Waals surface area contributed by atoms with E-state index in [2.05, 4.69) is 10.1 Å². The van der Waals surface area contributed by atoms with Crippen LogP contribution in [0.5, 0.6) is 5.75 Å². The normalized spacial score (nSPS) is 15.1. The van der Waals surface area contributed by atoms with Gasteiger partial charge in [-0.25, -0.2) is 0 Å². The van der Waals surface area contributed by atoms with E-state index in [0.717, 1.165) is 11.3 Å². The predicted octanol–water partition coefficient (Wildman–Crippen LogP) is 4.45. The van der Waals surface area contributed by atoms with E-state index in [0.29, 0.717) is 30.6 Å². The molecule has 27 heavy (non-hydrogen) atoms. The van der Waals surface area contributed by atoms with E-state index in [1.54, 1.807) is 7.11 Å². The first-order chi connectivity index (χ1) is 13.1.